The number of aliphatic hydroxyl groups is 4. The molecular formula is C12H15ClN2O7. The van der Waals surface area contributed by atoms with Crippen molar-refractivity contribution in [3.05, 3.63) is 33.3 Å². The Labute approximate surface area is 129 Å². The van der Waals surface area contributed by atoms with Crippen molar-refractivity contribution in [3.63, 3.8) is 0 Å². The molecule has 1 aromatic rings. The maximum absolute atomic E-state index is 10.8. The predicted molar refractivity (Wildman–Crippen MR) is 75.5 cm³/mol. The number of halogens is 1. The molecule has 1 fully saturated rings. The maximum Gasteiger partial charge on any atom is 0.289 e. The van der Waals surface area contributed by atoms with Crippen LogP contribution in [0.5, 0.6) is 0 Å². The highest BCUT2D eigenvalue weighted by Crippen LogP contribution is 2.29. The zero-order valence-corrected chi connectivity index (χ0v) is 11.9. The van der Waals surface area contributed by atoms with Gasteiger partial charge in [0.2, 0.25) is 0 Å². The minimum atomic E-state index is -1.54. The van der Waals surface area contributed by atoms with Gasteiger partial charge in [-0.1, -0.05) is 11.6 Å². The number of nitro benzene ring substituents is 1. The lowest BCUT2D eigenvalue weighted by Crippen LogP contribution is -2.60. The fourth-order valence-corrected chi connectivity index (χ4v) is 2.31. The number of ether oxygens (including phenoxy) is 1. The standard InChI is InChI=1S/C12H15ClN2O7/c13-6-2-1-5(3-7(6)15(20)21)14-12-11(19)10(18)9(17)8(4-16)22-12/h1-3,8-12,14,16-19H,4H2/t8-,9-,10+,11+,12+/m1/s1. The molecule has 0 unspecified atom stereocenters. The van der Waals surface area contributed by atoms with Crippen molar-refractivity contribution in [2.45, 2.75) is 30.6 Å². The normalized spacial score (nSPS) is 31.8. The maximum atomic E-state index is 10.8. The number of hydrogen-bond donors (Lipinski definition) is 5. The molecule has 0 aliphatic carbocycles. The first-order chi connectivity index (χ1) is 10.3. The fraction of sp³-hybridized carbons (Fsp3) is 0.500. The van der Waals surface area contributed by atoms with Crippen molar-refractivity contribution in [1.29, 1.82) is 0 Å². The second kappa shape index (κ2) is 6.73. The van der Waals surface area contributed by atoms with E-state index in [4.69, 9.17) is 21.4 Å². The van der Waals surface area contributed by atoms with Gasteiger partial charge >= 0.3 is 0 Å². The number of nitrogens with zero attached hydrogens (tertiary/aromatic N) is 1. The fourth-order valence-electron chi connectivity index (χ4n) is 2.13. The second-order valence-electron chi connectivity index (χ2n) is 4.82. The third-order valence-corrected chi connectivity index (χ3v) is 3.66. The molecule has 5 N–H and O–H groups in total. The highest BCUT2D eigenvalue weighted by Gasteiger charge is 2.43. The van der Waals surface area contributed by atoms with E-state index in [2.05, 4.69) is 5.32 Å². The number of nitro groups is 1. The first kappa shape index (κ1) is 16.9. The van der Waals surface area contributed by atoms with Crippen molar-refractivity contribution in [1.82, 2.24) is 0 Å². The van der Waals surface area contributed by atoms with Crippen LogP contribution in [-0.2, 0) is 4.74 Å². The van der Waals surface area contributed by atoms with Crippen LogP contribution in [0.2, 0.25) is 5.02 Å². The molecule has 1 heterocycles. The Bertz CT molecular complexity index is 556. The van der Waals surface area contributed by atoms with Crippen LogP contribution < -0.4 is 5.32 Å². The summed E-state index contributed by atoms with van der Waals surface area (Å²) in [5.74, 6) is 0. The molecule has 0 saturated carbocycles. The Morgan fingerprint density at radius 2 is 1.95 bits per heavy atom. The van der Waals surface area contributed by atoms with E-state index in [-0.39, 0.29) is 16.4 Å². The number of anilines is 1. The molecule has 1 aromatic carbocycles. The van der Waals surface area contributed by atoms with Gasteiger partial charge in [0.15, 0.2) is 6.23 Å². The minimum absolute atomic E-state index is 0.0515. The smallest absolute Gasteiger partial charge is 0.289 e. The van der Waals surface area contributed by atoms with E-state index in [0.717, 1.165) is 6.07 Å². The zero-order chi connectivity index (χ0) is 16.4. The van der Waals surface area contributed by atoms with E-state index in [1.165, 1.54) is 12.1 Å². The van der Waals surface area contributed by atoms with Crippen molar-refractivity contribution in [2.24, 2.45) is 0 Å². The molecule has 10 heteroatoms. The molecule has 5 atom stereocenters. The average Bonchev–Trinajstić information content (AvgIpc) is 2.49. The Morgan fingerprint density at radius 3 is 2.55 bits per heavy atom. The second-order valence-corrected chi connectivity index (χ2v) is 5.22. The van der Waals surface area contributed by atoms with Crippen LogP contribution >= 0.6 is 11.6 Å². The van der Waals surface area contributed by atoms with Crippen LogP contribution in [0.25, 0.3) is 0 Å². The van der Waals surface area contributed by atoms with Gasteiger partial charge < -0.3 is 30.5 Å². The Hall–Kier alpha value is -1.49. The van der Waals surface area contributed by atoms with E-state index in [1.807, 2.05) is 0 Å². The van der Waals surface area contributed by atoms with Crippen molar-refractivity contribution in [3.8, 4) is 0 Å². The number of nitrogens with one attached hydrogen (secondary N) is 1. The highest BCUT2D eigenvalue weighted by molar-refractivity contribution is 6.32. The summed E-state index contributed by atoms with van der Waals surface area (Å²) in [7, 11) is 0. The van der Waals surface area contributed by atoms with Gasteiger partial charge in [0, 0.05) is 11.8 Å². The number of rotatable bonds is 4. The van der Waals surface area contributed by atoms with E-state index >= 15 is 0 Å². The summed E-state index contributed by atoms with van der Waals surface area (Å²) in [6.45, 7) is -0.566. The molecule has 1 aliphatic rings. The molecule has 122 valence electrons. The predicted octanol–water partition coefficient (Wildman–Crippen LogP) is -0.540. The lowest BCUT2D eigenvalue weighted by atomic mass is 9.98. The number of hydrogen-bond acceptors (Lipinski definition) is 8. The van der Waals surface area contributed by atoms with Crippen LogP contribution in [0.1, 0.15) is 0 Å². The summed E-state index contributed by atoms with van der Waals surface area (Å²) in [6, 6.07) is 3.87. The highest BCUT2D eigenvalue weighted by atomic mass is 35.5. The minimum Gasteiger partial charge on any atom is -0.394 e. The summed E-state index contributed by atoms with van der Waals surface area (Å²) in [6.07, 6.45) is -6.75. The molecule has 0 amide bonds. The Kier molecular flexibility index (Phi) is 5.16. The van der Waals surface area contributed by atoms with Crippen LogP contribution in [0.4, 0.5) is 11.4 Å². The summed E-state index contributed by atoms with van der Waals surface area (Å²) >= 11 is 5.69. The van der Waals surface area contributed by atoms with Crippen LogP contribution in [0.3, 0.4) is 0 Å². The molecule has 0 spiro atoms. The van der Waals surface area contributed by atoms with Gasteiger partial charge in [0.25, 0.3) is 5.69 Å². The van der Waals surface area contributed by atoms with Gasteiger partial charge in [0.05, 0.1) is 11.5 Å². The van der Waals surface area contributed by atoms with Crippen LogP contribution in [0, 0.1) is 10.1 Å². The van der Waals surface area contributed by atoms with Gasteiger partial charge in [-0.2, -0.15) is 0 Å². The van der Waals surface area contributed by atoms with Crippen molar-refractivity contribution in [2.75, 3.05) is 11.9 Å². The molecule has 2 rings (SSSR count). The lowest BCUT2D eigenvalue weighted by molar-refractivity contribution is -0.384. The van der Waals surface area contributed by atoms with Crippen molar-refractivity contribution < 1.29 is 30.1 Å². The van der Waals surface area contributed by atoms with E-state index in [1.54, 1.807) is 0 Å². The molecule has 1 saturated heterocycles. The van der Waals surface area contributed by atoms with Crippen molar-refractivity contribution >= 4 is 23.0 Å². The van der Waals surface area contributed by atoms with E-state index in [9.17, 15) is 25.4 Å². The first-order valence-electron chi connectivity index (χ1n) is 6.36. The van der Waals surface area contributed by atoms with Gasteiger partial charge in [0.1, 0.15) is 29.4 Å². The quantitative estimate of drug-likeness (QED) is 0.364. The Balaban J connectivity index is 2.19. The largest absolute Gasteiger partial charge is 0.394 e. The van der Waals surface area contributed by atoms with Gasteiger partial charge in [-0.15, -0.1) is 0 Å². The third-order valence-electron chi connectivity index (χ3n) is 3.34. The topological polar surface area (TPSA) is 145 Å². The summed E-state index contributed by atoms with van der Waals surface area (Å²) < 4.78 is 5.24. The van der Waals surface area contributed by atoms with Crippen LogP contribution in [-0.4, -0.2) is 62.6 Å². The third kappa shape index (κ3) is 3.29. The molecular weight excluding hydrogens is 320 g/mol. The summed E-state index contributed by atoms with van der Waals surface area (Å²) in [5.41, 5.74) is -0.114. The average molecular weight is 335 g/mol. The van der Waals surface area contributed by atoms with Gasteiger partial charge in [-0.05, 0) is 12.1 Å². The molecule has 0 bridgehead atoms. The lowest BCUT2D eigenvalue weighted by Gasteiger charge is -2.40. The monoisotopic (exact) mass is 334 g/mol. The first-order valence-corrected chi connectivity index (χ1v) is 6.74. The van der Waals surface area contributed by atoms with Gasteiger partial charge in [-0.25, -0.2) is 0 Å². The van der Waals surface area contributed by atoms with E-state index in [0.29, 0.717) is 0 Å². The molecule has 9 nitrogen and oxygen atoms in total. The van der Waals surface area contributed by atoms with Gasteiger partial charge in [-0.3, -0.25) is 10.1 Å². The van der Waals surface area contributed by atoms with Crippen LogP contribution in [0.15, 0.2) is 18.2 Å². The Morgan fingerprint density at radius 1 is 1.27 bits per heavy atom. The molecule has 0 aromatic heterocycles. The molecule has 1 aliphatic heterocycles. The molecule has 0 radical (unpaired) electrons. The SMILES string of the molecule is O=[N+]([O-])c1cc(N[C@H]2O[C@H](CO)[C@@H](O)[C@H](O)[C@@H]2O)ccc1Cl. The summed E-state index contributed by atoms with van der Waals surface area (Å²) in [4.78, 5) is 10.2. The zero-order valence-electron chi connectivity index (χ0n) is 11.2. The number of benzene rings is 1. The summed E-state index contributed by atoms with van der Waals surface area (Å²) in [5, 5.41) is 51.7. The molecule has 22 heavy (non-hydrogen) atoms. The van der Waals surface area contributed by atoms with E-state index < -0.39 is 42.2 Å². The number of aliphatic hydroxyl groups excluding tert-OH is 4.